The van der Waals surface area contributed by atoms with Gasteiger partial charge in [-0.15, -0.1) is 0 Å². The van der Waals surface area contributed by atoms with Crippen LogP contribution in [0.3, 0.4) is 0 Å². The summed E-state index contributed by atoms with van der Waals surface area (Å²) in [5.41, 5.74) is 2.33. The number of hydrogen-bond acceptors (Lipinski definition) is 3. The number of amides is 1. The molecule has 2 N–H and O–H groups in total. The fourth-order valence-corrected chi connectivity index (χ4v) is 3.00. The van der Waals surface area contributed by atoms with E-state index in [4.69, 9.17) is 0 Å². The Labute approximate surface area is 167 Å². The fourth-order valence-electron chi connectivity index (χ4n) is 3.00. The van der Waals surface area contributed by atoms with Crippen molar-refractivity contribution in [2.24, 2.45) is 0 Å². The number of nitrogens with one attached hydrogen (secondary N) is 1. The van der Waals surface area contributed by atoms with Gasteiger partial charge in [0, 0.05) is 18.6 Å². The standard InChI is InChI=1S/C23H17N3O3/c27-22(18-9-11-21(24-15-18)26-12-4-5-13-26)25-20-14-17(8-10-19(20)23(28)29)16-6-2-1-3-7-16/h1-15H,(H,25,27)(H,28,29). The maximum Gasteiger partial charge on any atom is 0.337 e. The number of carbonyl (C=O) groups excluding carboxylic acids is 1. The van der Waals surface area contributed by atoms with Crippen molar-refractivity contribution in [3.8, 4) is 16.9 Å². The molecule has 0 saturated carbocycles. The lowest BCUT2D eigenvalue weighted by Crippen LogP contribution is -2.15. The van der Waals surface area contributed by atoms with Gasteiger partial charge in [0.2, 0.25) is 0 Å². The summed E-state index contributed by atoms with van der Waals surface area (Å²) >= 11 is 0. The highest BCUT2D eigenvalue weighted by atomic mass is 16.4. The summed E-state index contributed by atoms with van der Waals surface area (Å²) in [5.74, 6) is -0.853. The first-order chi connectivity index (χ1) is 14.1. The van der Waals surface area contributed by atoms with Crippen molar-refractivity contribution in [2.75, 3.05) is 5.32 Å². The predicted octanol–water partition coefficient (Wildman–Crippen LogP) is 4.49. The summed E-state index contributed by atoms with van der Waals surface area (Å²) < 4.78 is 1.83. The first-order valence-corrected chi connectivity index (χ1v) is 8.95. The van der Waals surface area contributed by atoms with Gasteiger partial charge in [0.15, 0.2) is 0 Å². The zero-order valence-corrected chi connectivity index (χ0v) is 15.3. The number of nitrogens with zero attached hydrogens (tertiary/aromatic N) is 2. The quantitative estimate of drug-likeness (QED) is 0.532. The molecule has 4 aromatic rings. The molecule has 0 atom stereocenters. The van der Waals surface area contributed by atoms with Crippen molar-refractivity contribution in [3.05, 3.63) is 103 Å². The van der Waals surface area contributed by atoms with Gasteiger partial charge >= 0.3 is 5.97 Å². The molecule has 0 aliphatic heterocycles. The fraction of sp³-hybridized carbons (Fsp3) is 0. The minimum Gasteiger partial charge on any atom is -0.478 e. The third kappa shape index (κ3) is 3.91. The van der Waals surface area contributed by atoms with Crippen molar-refractivity contribution >= 4 is 17.6 Å². The van der Waals surface area contributed by atoms with E-state index in [1.165, 1.54) is 12.3 Å². The normalized spacial score (nSPS) is 10.5. The van der Waals surface area contributed by atoms with Gasteiger partial charge in [0.1, 0.15) is 5.82 Å². The largest absolute Gasteiger partial charge is 0.478 e. The van der Waals surface area contributed by atoms with Crippen molar-refractivity contribution in [1.29, 1.82) is 0 Å². The van der Waals surface area contributed by atoms with Crippen LogP contribution in [0.5, 0.6) is 0 Å². The lowest BCUT2D eigenvalue weighted by Gasteiger charge is -2.11. The van der Waals surface area contributed by atoms with Crippen molar-refractivity contribution < 1.29 is 14.7 Å². The van der Waals surface area contributed by atoms with Crippen LogP contribution in [0, 0.1) is 0 Å². The Morgan fingerprint density at radius 2 is 1.62 bits per heavy atom. The highest BCUT2D eigenvalue weighted by Gasteiger charge is 2.15. The lowest BCUT2D eigenvalue weighted by atomic mass is 10.0. The number of aromatic carboxylic acids is 1. The van der Waals surface area contributed by atoms with Crippen molar-refractivity contribution in [1.82, 2.24) is 9.55 Å². The van der Waals surface area contributed by atoms with Gasteiger partial charge < -0.3 is 15.0 Å². The van der Waals surface area contributed by atoms with E-state index in [2.05, 4.69) is 10.3 Å². The predicted molar refractivity (Wildman–Crippen MR) is 110 cm³/mol. The molecule has 1 amide bonds. The van der Waals surface area contributed by atoms with Crippen LogP contribution in [0.2, 0.25) is 0 Å². The molecule has 29 heavy (non-hydrogen) atoms. The minimum absolute atomic E-state index is 0.0231. The van der Waals surface area contributed by atoms with Crippen LogP contribution in [0.15, 0.2) is 91.4 Å². The first-order valence-electron chi connectivity index (χ1n) is 8.95. The number of benzene rings is 2. The third-order valence-corrected chi connectivity index (χ3v) is 4.48. The van der Waals surface area contributed by atoms with E-state index in [0.717, 1.165) is 11.1 Å². The second kappa shape index (κ2) is 7.82. The number of carboxylic acid groups (broad SMARTS) is 1. The molecule has 0 aliphatic rings. The molecule has 0 radical (unpaired) electrons. The third-order valence-electron chi connectivity index (χ3n) is 4.48. The Balaban J connectivity index is 1.62. The molecule has 4 rings (SSSR count). The average molecular weight is 383 g/mol. The van der Waals surface area contributed by atoms with Gasteiger partial charge in [-0.3, -0.25) is 4.79 Å². The van der Waals surface area contributed by atoms with Gasteiger partial charge in [-0.25, -0.2) is 9.78 Å². The van der Waals surface area contributed by atoms with E-state index in [1.807, 2.05) is 59.4 Å². The zero-order chi connectivity index (χ0) is 20.2. The van der Waals surface area contributed by atoms with E-state index in [-0.39, 0.29) is 11.3 Å². The molecule has 0 fully saturated rings. The molecule has 0 saturated heterocycles. The van der Waals surface area contributed by atoms with Crippen LogP contribution < -0.4 is 5.32 Å². The molecule has 2 aromatic heterocycles. The van der Waals surface area contributed by atoms with Crippen molar-refractivity contribution in [2.45, 2.75) is 0 Å². The van der Waals surface area contributed by atoms with Gasteiger partial charge in [0.05, 0.1) is 16.8 Å². The van der Waals surface area contributed by atoms with E-state index in [9.17, 15) is 14.7 Å². The number of rotatable bonds is 5. The number of carbonyl (C=O) groups is 2. The Morgan fingerprint density at radius 1 is 0.862 bits per heavy atom. The average Bonchev–Trinajstić information content (AvgIpc) is 3.29. The molecule has 2 heterocycles. The molecular formula is C23H17N3O3. The van der Waals surface area contributed by atoms with E-state index >= 15 is 0 Å². The molecular weight excluding hydrogens is 366 g/mol. The molecule has 0 bridgehead atoms. The highest BCUT2D eigenvalue weighted by molar-refractivity contribution is 6.08. The first kappa shape index (κ1) is 18.2. The molecule has 0 spiro atoms. The number of pyridine rings is 1. The summed E-state index contributed by atoms with van der Waals surface area (Å²) in [6.07, 6.45) is 5.18. The Kier molecular flexibility index (Phi) is 4.90. The molecule has 2 aromatic carbocycles. The second-order valence-corrected chi connectivity index (χ2v) is 6.38. The maximum absolute atomic E-state index is 12.7. The topological polar surface area (TPSA) is 84.2 Å². The maximum atomic E-state index is 12.7. The Morgan fingerprint density at radius 3 is 2.28 bits per heavy atom. The van der Waals surface area contributed by atoms with Crippen LogP contribution in [0.4, 0.5) is 5.69 Å². The Hall–Kier alpha value is -4.19. The molecule has 6 heteroatoms. The van der Waals surface area contributed by atoms with Crippen LogP contribution in [-0.2, 0) is 0 Å². The van der Waals surface area contributed by atoms with Gasteiger partial charge in [-0.1, -0.05) is 36.4 Å². The molecule has 0 unspecified atom stereocenters. The van der Waals surface area contributed by atoms with Crippen LogP contribution in [0.1, 0.15) is 20.7 Å². The van der Waals surface area contributed by atoms with Gasteiger partial charge in [0.25, 0.3) is 5.91 Å². The van der Waals surface area contributed by atoms with Gasteiger partial charge in [-0.2, -0.15) is 0 Å². The summed E-state index contributed by atoms with van der Waals surface area (Å²) in [4.78, 5) is 28.6. The lowest BCUT2D eigenvalue weighted by molar-refractivity contribution is 0.0698. The van der Waals surface area contributed by atoms with Crippen LogP contribution in [-0.4, -0.2) is 26.5 Å². The number of aromatic nitrogens is 2. The smallest absolute Gasteiger partial charge is 0.337 e. The van der Waals surface area contributed by atoms with E-state index < -0.39 is 11.9 Å². The zero-order valence-electron chi connectivity index (χ0n) is 15.3. The minimum atomic E-state index is -1.11. The van der Waals surface area contributed by atoms with Gasteiger partial charge in [-0.05, 0) is 47.5 Å². The molecule has 142 valence electrons. The van der Waals surface area contributed by atoms with Crippen molar-refractivity contribution in [3.63, 3.8) is 0 Å². The summed E-state index contributed by atoms with van der Waals surface area (Å²) in [6.45, 7) is 0. The number of hydrogen-bond donors (Lipinski definition) is 2. The monoisotopic (exact) mass is 383 g/mol. The summed E-state index contributed by atoms with van der Waals surface area (Å²) in [6, 6.07) is 21.6. The number of carboxylic acids is 1. The Bertz CT molecular complexity index is 1150. The summed E-state index contributed by atoms with van der Waals surface area (Å²) in [5, 5.41) is 12.2. The van der Waals surface area contributed by atoms with E-state index in [1.54, 1.807) is 24.3 Å². The second-order valence-electron chi connectivity index (χ2n) is 6.38. The molecule has 6 nitrogen and oxygen atoms in total. The summed E-state index contributed by atoms with van der Waals surface area (Å²) in [7, 11) is 0. The molecule has 0 aliphatic carbocycles. The van der Waals surface area contributed by atoms with Crippen LogP contribution in [0.25, 0.3) is 16.9 Å². The SMILES string of the molecule is O=C(Nc1cc(-c2ccccc2)ccc1C(=O)O)c1ccc(-n2cccc2)nc1. The highest BCUT2D eigenvalue weighted by Crippen LogP contribution is 2.26. The van der Waals surface area contributed by atoms with Crippen LogP contribution >= 0.6 is 0 Å². The van der Waals surface area contributed by atoms with E-state index in [0.29, 0.717) is 11.4 Å². The number of anilines is 1.